The molecule has 0 aliphatic rings. The molecule has 21 heavy (non-hydrogen) atoms. The van der Waals surface area contributed by atoms with Crippen LogP contribution < -0.4 is 5.56 Å². The minimum atomic E-state index is -0.947. The quantitative estimate of drug-likeness (QED) is 0.699. The second-order valence-electron chi connectivity index (χ2n) is 4.34. The first kappa shape index (κ1) is 13.6. The Morgan fingerprint density at radius 1 is 1.24 bits per heavy atom. The third-order valence-electron chi connectivity index (χ3n) is 3.01. The standard InChI is InChI=1S/C14H8F2N2O2S/c15-9-2-1-3-10(16)12(9)11(19)6-18-7-17-13-8(14(18)20)4-5-21-13/h1-5,7H,6H2. The fraction of sp³-hybridized carbons (Fsp3) is 0.0714. The summed E-state index contributed by atoms with van der Waals surface area (Å²) in [5.41, 5.74) is -1.05. The Labute approximate surface area is 121 Å². The molecule has 106 valence electrons. The van der Waals surface area contributed by atoms with Crippen LogP contribution in [0.4, 0.5) is 8.78 Å². The number of hydrogen-bond donors (Lipinski definition) is 0. The number of benzene rings is 1. The maximum absolute atomic E-state index is 13.5. The Hall–Kier alpha value is -2.41. The lowest BCUT2D eigenvalue weighted by atomic mass is 10.1. The Morgan fingerprint density at radius 3 is 2.67 bits per heavy atom. The fourth-order valence-electron chi connectivity index (χ4n) is 2.00. The van der Waals surface area contributed by atoms with Gasteiger partial charge in [0.2, 0.25) is 0 Å². The lowest BCUT2D eigenvalue weighted by Crippen LogP contribution is -2.25. The second kappa shape index (κ2) is 5.17. The van der Waals surface area contributed by atoms with Crippen molar-refractivity contribution >= 4 is 27.3 Å². The van der Waals surface area contributed by atoms with Crippen LogP contribution in [0.2, 0.25) is 0 Å². The van der Waals surface area contributed by atoms with Gasteiger partial charge in [0.05, 0.1) is 23.8 Å². The second-order valence-corrected chi connectivity index (χ2v) is 5.23. The molecule has 4 nitrogen and oxygen atoms in total. The number of rotatable bonds is 3. The molecule has 0 atom stereocenters. The first-order valence-corrected chi connectivity index (χ1v) is 6.86. The van der Waals surface area contributed by atoms with Crippen LogP contribution in [-0.2, 0) is 6.54 Å². The number of aromatic nitrogens is 2. The van der Waals surface area contributed by atoms with Gasteiger partial charge in [0.1, 0.15) is 16.5 Å². The van der Waals surface area contributed by atoms with Crippen LogP contribution in [0.25, 0.3) is 10.2 Å². The van der Waals surface area contributed by atoms with Crippen molar-refractivity contribution in [3.63, 3.8) is 0 Å². The zero-order valence-electron chi connectivity index (χ0n) is 10.5. The van der Waals surface area contributed by atoms with Crippen molar-refractivity contribution in [1.29, 1.82) is 0 Å². The maximum atomic E-state index is 13.5. The van der Waals surface area contributed by atoms with Gasteiger partial charge < -0.3 is 0 Å². The van der Waals surface area contributed by atoms with Gasteiger partial charge in [0, 0.05) is 0 Å². The molecule has 0 bridgehead atoms. The minimum Gasteiger partial charge on any atom is -0.292 e. The monoisotopic (exact) mass is 306 g/mol. The summed E-state index contributed by atoms with van der Waals surface area (Å²) >= 11 is 1.30. The van der Waals surface area contributed by atoms with E-state index in [-0.39, 0.29) is 0 Å². The summed E-state index contributed by atoms with van der Waals surface area (Å²) in [6.07, 6.45) is 1.21. The molecule has 0 aliphatic heterocycles. The summed E-state index contributed by atoms with van der Waals surface area (Å²) in [6, 6.07) is 4.77. The summed E-state index contributed by atoms with van der Waals surface area (Å²) in [5, 5.41) is 2.09. The van der Waals surface area contributed by atoms with Crippen LogP contribution in [0.15, 0.2) is 40.8 Å². The SMILES string of the molecule is O=C(Cn1cnc2sccc2c1=O)c1c(F)cccc1F. The Kier molecular flexibility index (Phi) is 3.34. The molecular formula is C14H8F2N2O2S. The molecule has 0 saturated carbocycles. The molecule has 0 spiro atoms. The number of thiophene rings is 1. The third-order valence-corrected chi connectivity index (χ3v) is 3.83. The number of ketones is 1. The topological polar surface area (TPSA) is 52.0 Å². The van der Waals surface area contributed by atoms with Gasteiger partial charge in [-0.1, -0.05) is 6.07 Å². The van der Waals surface area contributed by atoms with E-state index in [0.29, 0.717) is 10.2 Å². The van der Waals surface area contributed by atoms with Crippen molar-refractivity contribution in [3.05, 3.63) is 63.5 Å². The minimum absolute atomic E-state index is 0.379. The van der Waals surface area contributed by atoms with Gasteiger partial charge in [-0.3, -0.25) is 14.2 Å². The highest BCUT2D eigenvalue weighted by molar-refractivity contribution is 7.16. The number of hydrogen-bond acceptors (Lipinski definition) is 4. The molecule has 3 aromatic rings. The summed E-state index contributed by atoms with van der Waals surface area (Å²) < 4.78 is 28.1. The van der Waals surface area contributed by atoms with E-state index in [1.807, 2.05) is 0 Å². The number of nitrogens with zero attached hydrogens (tertiary/aromatic N) is 2. The molecule has 3 rings (SSSR count). The van der Waals surface area contributed by atoms with Crippen LogP contribution in [0, 0.1) is 11.6 Å². The number of halogens is 2. The molecule has 0 radical (unpaired) electrons. The lowest BCUT2D eigenvalue weighted by molar-refractivity contribution is 0.0962. The van der Waals surface area contributed by atoms with Crippen molar-refractivity contribution in [2.45, 2.75) is 6.54 Å². The highest BCUT2D eigenvalue weighted by Gasteiger charge is 2.18. The number of carbonyl (C=O) groups excluding carboxylic acids is 1. The Bertz CT molecular complexity index is 881. The van der Waals surface area contributed by atoms with E-state index in [0.717, 1.165) is 16.7 Å². The number of carbonyl (C=O) groups is 1. The van der Waals surface area contributed by atoms with Crippen LogP contribution in [-0.4, -0.2) is 15.3 Å². The van der Waals surface area contributed by atoms with Crippen molar-refractivity contribution in [3.8, 4) is 0 Å². The highest BCUT2D eigenvalue weighted by Crippen LogP contribution is 2.15. The highest BCUT2D eigenvalue weighted by atomic mass is 32.1. The number of Topliss-reactive ketones (excluding diaryl/α,β-unsaturated/α-hetero) is 1. The van der Waals surface area contributed by atoms with Crippen molar-refractivity contribution in [1.82, 2.24) is 9.55 Å². The summed E-state index contributed by atoms with van der Waals surface area (Å²) in [5.74, 6) is -2.71. The Morgan fingerprint density at radius 2 is 1.95 bits per heavy atom. The van der Waals surface area contributed by atoms with Crippen molar-refractivity contribution in [2.75, 3.05) is 0 Å². The predicted octanol–water partition coefficient (Wildman–Crippen LogP) is 2.62. The third kappa shape index (κ3) is 2.36. The van der Waals surface area contributed by atoms with Crippen molar-refractivity contribution in [2.24, 2.45) is 0 Å². The molecular weight excluding hydrogens is 298 g/mol. The Balaban J connectivity index is 2.00. The van der Waals surface area contributed by atoms with Gasteiger partial charge in [-0.05, 0) is 23.6 Å². The molecule has 0 amide bonds. The van der Waals surface area contributed by atoms with E-state index in [2.05, 4.69) is 4.98 Å². The first-order valence-electron chi connectivity index (χ1n) is 5.98. The number of fused-ring (bicyclic) bond motifs is 1. The zero-order valence-corrected chi connectivity index (χ0v) is 11.4. The molecule has 0 unspecified atom stereocenters. The van der Waals surface area contributed by atoms with E-state index in [4.69, 9.17) is 0 Å². The summed E-state index contributed by atoms with van der Waals surface area (Å²) in [6.45, 7) is -0.463. The largest absolute Gasteiger partial charge is 0.292 e. The first-order chi connectivity index (χ1) is 10.1. The maximum Gasteiger partial charge on any atom is 0.262 e. The molecule has 0 fully saturated rings. The van der Waals surface area contributed by atoms with Gasteiger partial charge in [-0.15, -0.1) is 11.3 Å². The van der Waals surface area contributed by atoms with Crippen molar-refractivity contribution < 1.29 is 13.6 Å². The predicted molar refractivity (Wildman–Crippen MR) is 74.6 cm³/mol. The van der Waals surface area contributed by atoms with Crippen LogP contribution in [0.1, 0.15) is 10.4 Å². The van der Waals surface area contributed by atoms with Crippen LogP contribution >= 0.6 is 11.3 Å². The normalized spacial score (nSPS) is 11.0. The van der Waals surface area contributed by atoms with Gasteiger partial charge in [0.25, 0.3) is 5.56 Å². The molecule has 1 aromatic carbocycles. The van der Waals surface area contributed by atoms with E-state index < -0.39 is 35.1 Å². The van der Waals surface area contributed by atoms with E-state index in [1.54, 1.807) is 11.4 Å². The smallest absolute Gasteiger partial charge is 0.262 e. The molecule has 2 heterocycles. The van der Waals surface area contributed by atoms with Crippen LogP contribution in [0.3, 0.4) is 0 Å². The van der Waals surface area contributed by atoms with E-state index >= 15 is 0 Å². The summed E-state index contributed by atoms with van der Waals surface area (Å²) in [4.78, 5) is 28.7. The van der Waals surface area contributed by atoms with Gasteiger partial charge >= 0.3 is 0 Å². The lowest BCUT2D eigenvalue weighted by Gasteiger charge is -2.06. The average Bonchev–Trinajstić information content (AvgIpc) is 2.91. The van der Waals surface area contributed by atoms with E-state index in [1.165, 1.54) is 23.7 Å². The fourth-order valence-corrected chi connectivity index (χ4v) is 2.73. The van der Waals surface area contributed by atoms with Gasteiger partial charge in [-0.25, -0.2) is 13.8 Å². The molecule has 0 N–H and O–H groups in total. The van der Waals surface area contributed by atoms with Gasteiger partial charge in [-0.2, -0.15) is 0 Å². The van der Waals surface area contributed by atoms with Crippen LogP contribution in [0.5, 0.6) is 0 Å². The molecule has 0 aliphatic carbocycles. The summed E-state index contributed by atoms with van der Waals surface area (Å²) in [7, 11) is 0. The van der Waals surface area contributed by atoms with Gasteiger partial charge in [0.15, 0.2) is 5.78 Å². The molecule has 2 aromatic heterocycles. The zero-order chi connectivity index (χ0) is 15.0. The van der Waals surface area contributed by atoms with E-state index in [9.17, 15) is 18.4 Å². The molecule has 0 saturated heterocycles. The molecule has 7 heteroatoms. The average molecular weight is 306 g/mol.